The highest BCUT2D eigenvalue weighted by Gasteiger charge is 2.40. The summed E-state index contributed by atoms with van der Waals surface area (Å²) < 4.78 is 26.0. The van der Waals surface area contributed by atoms with E-state index in [1.807, 2.05) is 0 Å². The van der Waals surface area contributed by atoms with Crippen molar-refractivity contribution in [2.45, 2.75) is 12.3 Å². The van der Waals surface area contributed by atoms with Crippen LogP contribution in [0.1, 0.15) is 6.42 Å². The molecule has 1 aromatic rings. The lowest BCUT2D eigenvalue weighted by Crippen LogP contribution is -2.25. The van der Waals surface area contributed by atoms with Gasteiger partial charge in [0.2, 0.25) is 0 Å². The van der Waals surface area contributed by atoms with E-state index in [2.05, 4.69) is 4.98 Å². The summed E-state index contributed by atoms with van der Waals surface area (Å²) in [6, 6.07) is 1.21. The topological polar surface area (TPSA) is 59.3 Å². The number of aromatic nitrogens is 1. The SMILES string of the molecule is O=[N+]([O-])c1ccncc1N1CCC(F)(F)C1. The molecule has 1 fully saturated rings. The zero-order valence-electron chi connectivity index (χ0n) is 8.27. The molecular formula is C9H9F2N3O2. The van der Waals surface area contributed by atoms with Crippen molar-refractivity contribution in [1.82, 2.24) is 4.98 Å². The van der Waals surface area contributed by atoms with Crippen LogP contribution in [0.4, 0.5) is 20.2 Å². The predicted octanol–water partition coefficient (Wildman–Crippen LogP) is 1.84. The first-order chi connectivity index (χ1) is 7.49. The van der Waals surface area contributed by atoms with Crippen molar-refractivity contribution in [3.63, 3.8) is 0 Å². The molecule has 0 spiro atoms. The highest BCUT2D eigenvalue weighted by molar-refractivity contribution is 5.62. The normalized spacial score (nSPS) is 18.8. The maximum absolute atomic E-state index is 13.0. The van der Waals surface area contributed by atoms with Gasteiger partial charge in [-0.15, -0.1) is 0 Å². The fourth-order valence-corrected chi connectivity index (χ4v) is 1.72. The molecule has 0 unspecified atom stereocenters. The Balaban J connectivity index is 2.31. The number of nitrogens with zero attached hydrogens (tertiary/aromatic N) is 3. The van der Waals surface area contributed by atoms with Gasteiger partial charge in [0.25, 0.3) is 11.6 Å². The van der Waals surface area contributed by atoms with Gasteiger partial charge in [0, 0.05) is 25.2 Å². The number of nitro groups is 1. The van der Waals surface area contributed by atoms with Crippen LogP contribution in [-0.2, 0) is 0 Å². The number of hydrogen-bond acceptors (Lipinski definition) is 4. The summed E-state index contributed by atoms with van der Waals surface area (Å²) in [5.74, 6) is -2.77. The first-order valence-electron chi connectivity index (χ1n) is 4.71. The molecule has 1 aromatic heterocycles. The van der Waals surface area contributed by atoms with Gasteiger partial charge in [-0.25, -0.2) is 8.78 Å². The standard InChI is InChI=1S/C9H9F2N3O2/c10-9(11)2-4-13(6-9)8-5-12-3-1-7(8)14(15)16/h1,3,5H,2,4,6H2. The predicted molar refractivity (Wildman–Crippen MR) is 52.7 cm³/mol. The average molecular weight is 229 g/mol. The first-order valence-corrected chi connectivity index (χ1v) is 4.71. The van der Waals surface area contributed by atoms with Gasteiger partial charge >= 0.3 is 0 Å². The van der Waals surface area contributed by atoms with Gasteiger partial charge in [-0.1, -0.05) is 0 Å². The van der Waals surface area contributed by atoms with E-state index in [-0.39, 0.29) is 24.3 Å². The minimum Gasteiger partial charge on any atom is -0.358 e. The van der Waals surface area contributed by atoms with Crippen LogP contribution in [0, 0.1) is 10.1 Å². The van der Waals surface area contributed by atoms with Gasteiger partial charge < -0.3 is 4.90 Å². The number of halogens is 2. The lowest BCUT2D eigenvalue weighted by atomic mass is 10.3. The molecule has 1 saturated heterocycles. The minimum absolute atomic E-state index is 0.111. The lowest BCUT2D eigenvalue weighted by molar-refractivity contribution is -0.384. The average Bonchev–Trinajstić information content (AvgIpc) is 2.59. The Kier molecular flexibility index (Phi) is 2.45. The van der Waals surface area contributed by atoms with Crippen molar-refractivity contribution >= 4 is 11.4 Å². The summed E-state index contributed by atoms with van der Waals surface area (Å²) in [5.41, 5.74) is -0.0302. The van der Waals surface area contributed by atoms with Gasteiger partial charge in [-0.2, -0.15) is 0 Å². The van der Waals surface area contributed by atoms with E-state index >= 15 is 0 Å². The van der Waals surface area contributed by atoms with Crippen molar-refractivity contribution in [2.75, 3.05) is 18.0 Å². The van der Waals surface area contributed by atoms with Gasteiger partial charge in [-0.3, -0.25) is 15.1 Å². The molecule has 16 heavy (non-hydrogen) atoms. The van der Waals surface area contributed by atoms with Crippen molar-refractivity contribution in [3.8, 4) is 0 Å². The Hall–Kier alpha value is -1.79. The largest absolute Gasteiger partial charge is 0.358 e. The minimum atomic E-state index is -2.77. The quantitative estimate of drug-likeness (QED) is 0.573. The molecular weight excluding hydrogens is 220 g/mol. The molecule has 0 aromatic carbocycles. The summed E-state index contributed by atoms with van der Waals surface area (Å²) >= 11 is 0. The van der Waals surface area contributed by atoms with Crippen molar-refractivity contribution in [2.24, 2.45) is 0 Å². The van der Waals surface area contributed by atoms with Crippen LogP contribution in [0.5, 0.6) is 0 Å². The van der Waals surface area contributed by atoms with Crippen LogP contribution in [0.25, 0.3) is 0 Å². The summed E-state index contributed by atoms with van der Waals surface area (Å²) in [5, 5.41) is 10.7. The maximum atomic E-state index is 13.0. The van der Waals surface area contributed by atoms with Crippen LogP contribution in [0.2, 0.25) is 0 Å². The van der Waals surface area contributed by atoms with Gasteiger partial charge in [0.05, 0.1) is 17.7 Å². The molecule has 0 saturated carbocycles. The molecule has 86 valence electrons. The smallest absolute Gasteiger partial charge is 0.295 e. The van der Waals surface area contributed by atoms with Gasteiger partial charge in [-0.05, 0) is 0 Å². The summed E-state index contributed by atoms with van der Waals surface area (Å²) in [7, 11) is 0. The van der Waals surface area contributed by atoms with Gasteiger partial charge in [0.1, 0.15) is 5.69 Å². The molecule has 0 bridgehead atoms. The highest BCUT2D eigenvalue weighted by atomic mass is 19.3. The molecule has 0 aliphatic carbocycles. The van der Waals surface area contributed by atoms with Crippen molar-refractivity contribution < 1.29 is 13.7 Å². The molecule has 1 aliphatic rings. The summed E-state index contributed by atoms with van der Waals surface area (Å²) in [6.45, 7) is -0.376. The Morgan fingerprint density at radius 2 is 2.31 bits per heavy atom. The Labute approximate surface area is 89.8 Å². The van der Waals surface area contributed by atoms with E-state index in [1.165, 1.54) is 23.4 Å². The monoisotopic (exact) mass is 229 g/mol. The molecule has 2 heterocycles. The number of anilines is 1. The third-order valence-corrected chi connectivity index (χ3v) is 2.48. The molecule has 7 heteroatoms. The molecule has 1 aliphatic heterocycles. The number of pyridine rings is 1. The maximum Gasteiger partial charge on any atom is 0.295 e. The zero-order valence-corrected chi connectivity index (χ0v) is 8.27. The van der Waals surface area contributed by atoms with Crippen LogP contribution in [-0.4, -0.2) is 28.9 Å². The van der Waals surface area contributed by atoms with Crippen LogP contribution in [0.15, 0.2) is 18.5 Å². The van der Waals surface area contributed by atoms with Crippen molar-refractivity contribution in [1.29, 1.82) is 0 Å². The fraction of sp³-hybridized carbons (Fsp3) is 0.444. The lowest BCUT2D eigenvalue weighted by Gasteiger charge is -2.17. The highest BCUT2D eigenvalue weighted by Crippen LogP contribution is 2.34. The number of hydrogen-bond donors (Lipinski definition) is 0. The van der Waals surface area contributed by atoms with Crippen LogP contribution >= 0.6 is 0 Å². The van der Waals surface area contributed by atoms with E-state index in [1.54, 1.807) is 0 Å². The first kappa shape index (κ1) is 10.7. The van der Waals surface area contributed by atoms with Crippen LogP contribution in [0.3, 0.4) is 0 Å². The second-order valence-corrected chi connectivity index (χ2v) is 3.65. The Morgan fingerprint density at radius 1 is 1.56 bits per heavy atom. The molecule has 5 nitrogen and oxygen atoms in total. The van der Waals surface area contributed by atoms with E-state index in [4.69, 9.17) is 0 Å². The van der Waals surface area contributed by atoms with Crippen molar-refractivity contribution in [3.05, 3.63) is 28.6 Å². The van der Waals surface area contributed by atoms with Crippen LogP contribution < -0.4 is 4.90 Å². The number of alkyl halides is 2. The Morgan fingerprint density at radius 3 is 2.88 bits per heavy atom. The Bertz CT molecular complexity index is 425. The molecule has 2 rings (SSSR count). The van der Waals surface area contributed by atoms with E-state index < -0.39 is 17.4 Å². The zero-order chi connectivity index (χ0) is 11.8. The third kappa shape index (κ3) is 1.93. The second-order valence-electron chi connectivity index (χ2n) is 3.65. The summed E-state index contributed by atoms with van der Waals surface area (Å²) in [6.07, 6.45) is 2.24. The van der Waals surface area contributed by atoms with E-state index in [0.717, 1.165) is 0 Å². The van der Waals surface area contributed by atoms with E-state index in [9.17, 15) is 18.9 Å². The molecule has 0 N–H and O–H groups in total. The summed E-state index contributed by atoms with van der Waals surface area (Å²) in [4.78, 5) is 15.1. The van der Waals surface area contributed by atoms with E-state index in [0.29, 0.717) is 0 Å². The molecule has 0 radical (unpaired) electrons. The molecule has 0 atom stereocenters. The number of rotatable bonds is 2. The third-order valence-electron chi connectivity index (χ3n) is 2.48. The second kappa shape index (κ2) is 3.66. The molecule has 0 amide bonds. The van der Waals surface area contributed by atoms with Gasteiger partial charge in [0.15, 0.2) is 0 Å². The fourth-order valence-electron chi connectivity index (χ4n) is 1.72.